The number of Topliss-reactive ketones (excluding diaryl/α,β-unsaturated/α-hetero) is 1. The number of thiophene rings is 1. The Bertz CT molecular complexity index is 1310. The Kier molecular flexibility index (Phi) is 6.26. The van der Waals surface area contributed by atoms with Crippen LogP contribution in [0.4, 0.5) is 5.69 Å². The summed E-state index contributed by atoms with van der Waals surface area (Å²) in [6.45, 7) is 3.94. The van der Waals surface area contributed by atoms with Crippen molar-refractivity contribution in [1.82, 2.24) is 15.0 Å². The third-order valence-corrected chi connectivity index (χ3v) is 7.29. The molecule has 1 fully saturated rings. The molecule has 0 bridgehead atoms. The van der Waals surface area contributed by atoms with Crippen molar-refractivity contribution < 1.29 is 9.53 Å². The van der Waals surface area contributed by atoms with E-state index in [0.717, 1.165) is 51.4 Å². The number of ether oxygens (including phenoxy) is 1. The number of hydrogen-bond acceptors (Lipinski definition) is 8. The molecule has 7 nitrogen and oxygen atoms in total. The molecule has 0 spiro atoms. The summed E-state index contributed by atoms with van der Waals surface area (Å²) >= 11 is 1.63. The van der Waals surface area contributed by atoms with Gasteiger partial charge in [-0.25, -0.2) is 9.97 Å². The van der Waals surface area contributed by atoms with Crippen LogP contribution in [0.2, 0.25) is 0 Å². The first-order valence-corrected chi connectivity index (χ1v) is 12.2. The van der Waals surface area contributed by atoms with Crippen LogP contribution < -0.4 is 15.4 Å². The first-order valence-electron chi connectivity index (χ1n) is 11.4. The number of anilines is 1. The Balaban J connectivity index is 1.38. The van der Waals surface area contributed by atoms with Gasteiger partial charge in [-0.3, -0.25) is 9.78 Å². The van der Waals surface area contributed by atoms with Crippen LogP contribution in [0.1, 0.15) is 29.4 Å². The Labute approximate surface area is 202 Å². The van der Waals surface area contributed by atoms with Crippen LogP contribution in [0.3, 0.4) is 0 Å². The summed E-state index contributed by atoms with van der Waals surface area (Å²) in [5.74, 6) is 1.06. The molecule has 1 saturated heterocycles. The minimum absolute atomic E-state index is 0.0237. The number of carbonyl (C=O) groups is 1. The number of hydrogen-bond donors (Lipinski definition) is 1. The van der Waals surface area contributed by atoms with Crippen molar-refractivity contribution in [1.29, 1.82) is 0 Å². The van der Waals surface area contributed by atoms with Crippen LogP contribution in [0.25, 0.3) is 20.7 Å². The number of fused-ring (bicyclic) bond motifs is 1. The highest BCUT2D eigenvalue weighted by atomic mass is 32.1. The summed E-state index contributed by atoms with van der Waals surface area (Å²) in [6.07, 6.45) is 6.62. The third-order valence-electron chi connectivity index (χ3n) is 6.15. The van der Waals surface area contributed by atoms with E-state index >= 15 is 0 Å². The van der Waals surface area contributed by atoms with Gasteiger partial charge in [0.1, 0.15) is 5.69 Å². The highest BCUT2D eigenvalue weighted by Crippen LogP contribution is 2.33. The summed E-state index contributed by atoms with van der Waals surface area (Å²) in [4.78, 5) is 29.8. The number of rotatable bonds is 6. The average molecular weight is 474 g/mol. The van der Waals surface area contributed by atoms with Gasteiger partial charge in [-0.05, 0) is 42.7 Å². The zero-order valence-electron chi connectivity index (χ0n) is 19.3. The lowest BCUT2D eigenvalue weighted by atomic mass is 9.95. The second kappa shape index (κ2) is 9.48. The first kappa shape index (κ1) is 22.4. The van der Waals surface area contributed by atoms with Crippen molar-refractivity contribution in [3.05, 3.63) is 66.2 Å². The van der Waals surface area contributed by atoms with Gasteiger partial charge in [0.2, 0.25) is 5.88 Å². The number of methoxy groups -OCH3 is 1. The summed E-state index contributed by atoms with van der Waals surface area (Å²) in [6, 6.07) is 11.7. The molecule has 0 amide bonds. The zero-order valence-corrected chi connectivity index (χ0v) is 20.1. The molecular weight excluding hydrogens is 446 g/mol. The summed E-state index contributed by atoms with van der Waals surface area (Å²) < 4.78 is 6.17. The molecule has 0 aliphatic carbocycles. The van der Waals surface area contributed by atoms with Crippen molar-refractivity contribution in [2.45, 2.75) is 25.8 Å². The molecule has 2 atom stereocenters. The Morgan fingerprint density at radius 2 is 2.09 bits per heavy atom. The van der Waals surface area contributed by atoms with Crippen LogP contribution in [0, 0.1) is 5.92 Å². The lowest BCUT2D eigenvalue weighted by Crippen LogP contribution is -2.46. The van der Waals surface area contributed by atoms with E-state index in [1.165, 1.54) is 0 Å². The fourth-order valence-corrected chi connectivity index (χ4v) is 5.58. The molecule has 174 valence electrons. The quantitative estimate of drug-likeness (QED) is 0.416. The van der Waals surface area contributed by atoms with Crippen molar-refractivity contribution in [2.24, 2.45) is 11.7 Å². The van der Waals surface area contributed by atoms with Crippen LogP contribution in [0.5, 0.6) is 5.88 Å². The fourth-order valence-electron chi connectivity index (χ4n) is 4.59. The molecule has 0 aromatic carbocycles. The van der Waals surface area contributed by atoms with E-state index in [1.54, 1.807) is 37.0 Å². The van der Waals surface area contributed by atoms with Crippen molar-refractivity contribution >= 4 is 33.0 Å². The normalized spacial score (nSPS) is 18.3. The Morgan fingerprint density at radius 1 is 1.21 bits per heavy atom. The molecule has 34 heavy (non-hydrogen) atoms. The standard InChI is InChI=1S/C26H27N5O2S/c1-16-9-19(27)15-31(14-16)22-7-8-28-12-18(22)10-23(32)20-4-5-24-21(30-20)11-25(34-24)17-3-6-26(33-2)29-13-17/h3-8,11-13,16,19H,9-10,14-15,27H2,1-2H3/t16-,19+/m1/s1. The Hall–Kier alpha value is -3.36. The van der Waals surface area contributed by atoms with E-state index in [0.29, 0.717) is 17.5 Å². The molecule has 1 aliphatic rings. The van der Waals surface area contributed by atoms with Crippen molar-refractivity contribution in [3.63, 3.8) is 0 Å². The monoisotopic (exact) mass is 473 g/mol. The van der Waals surface area contributed by atoms with Gasteiger partial charge in [0, 0.05) is 71.9 Å². The highest BCUT2D eigenvalue weighted by Gasteiger charge is 2.24. The highest BCUT2D eigenvalue weighted by molar-refractivity contribution is 7.22. The minimum atomic E-state index is -0.0237. The Morgan fingerprint density at radius 3 is 2.85 bits per heavy atom. The number of pyridine rings is 3. The number of nitrogens with zero attached hydrogens (tertiary/aromatic N) is 4. The maximum atomic E-state index is 13.2. The van der Waals surface area contributed by atoms with Gasteiger partial charge in [-0.2, -0.15) is 0 Å². The van der Waals surface area contributed by atoms with Crippen LogP contribution in [-0.2, 0) is 6.42 Å². The molecule has 2 N–H and O–H groups in total. The summed E-state index contributed by atoms with van der Waals surface area (Å²) in [7, 11) is 1.60. The zero-order chi connectivity index (χ0) is 23.7. The van der Waals surface area contributed by atoms with Gasteiger partial charge in [0.25, 0.3) is 0 Å². The minimum Gasteiger partial charge on any atom is -0.481 e. The molecule has 5 heterocycles. The number of carbonyl (C=O) groups excluding carboxylic acids is 1. The van der Waals surface area contributed by atoms with Crippen molar-refractivity contribution in [3.8, 4) is 16.3 Å². The maximum absolute atomic E-state index is 13.2. The number of piperidine rings is 1. The first-order chi connectivity index (χ1) is 16.5. The molecule has 5 rings (SSSR count). The summed E-state index contributed by atoms with van der Waals surface area (Å²) in [5, 5.41) is 0. The SMILES string of the molecule is COc1ccc(-c2cc3nc(C(=O)Cc4cnccc4N4C[C@H](C)C[C@H](N)C4)ccc3s2)cn1. The van der Waals surface area contributed by atoms with E-state index in [-0.39, 0.29) is 18.2 Å². The van der Waals surface area contributed by atoms with E-state index in [9.17, 15) is 4.79 Å². The number of ketones is 1. The molecule has 1 aliphatic heterocycles. The smallest absolute Gasteiger partial charge is 0.212 e. The number of nitrogens with two attached hydrogens (primary N) is 1. The van der Waals surface area contributed by atoms with Gasteiger partial charge in [-0.1, -0.05) is 6.92 Å². The predicted octanol–water partition coefficient (Wildman–Crippen LogP) is 4.36. The largest absolute Gasteiger partial charge is 0.481 e. The number of aromatic nitrogens is 3. The van der Waals surface area contributed by atoms with Gasteiger partial charge in [0.05, 0.1) is 17.3 Å². The molecule has 4 aromatic heterocycles. The van der Waals surface area contributed by atoms with E-state index in [2.05, 4.69) is 26.8 Å². The van der Waals surface area contributed by atoms with Crippen LogP contribution in [-0.4, -0.2) is 47.0 Å². The molecule has 0 saturated carbocycles. The van der Waals surface area contributed by atoms with Crippen molar-refractivity contribution in [2.75, 3.05) is 25.1 Å². The molecule has 0 radical (unpaired) electrons. The average Bonchev–Trinajstić information content (AvgIpc) is 3.27. The maximum Gasteiger partial charge on any atom is 0.212 e. The van der Waals surface area contributed by atoms with Gasteiger partial charge in [0.15, 0.2) is 5.78 Å². The molecular formula is C26H27N5O2S. The van der Waals surface area contributed by atoms with E-state index < -0.39 is 0 Å². The second-order valence-corrected chi connectivity index (χ2v) is 9.97. The predicted molar refractivity (Wildman–Crippen MR) is 136 cm³/mol. The molecule has 0 unspecified atom stereocenters. The molecule has 8 heteroatoms. The van der Waals surface area contributed by atoms with Gasteiger partial charge in [-0.15, -0.1) is 11.3 Å². The van der Waals surface area contributed by atoms with Gasteiger partial charge < -0.3 is 15.4 Å². The summed E-state index contributed by atoms with van der Waals surface area (Å²) in [5.41, 5.74) is 10.5. The van der Waals surface area contributed by atoms with Crippen LogP contribution in [0.15, 0.2) is 55.0 Å². The lowest BCUT2D eigenvalue weighted by Gasteiger charge is -2.37. The third kappa shape index (κ3) is 4.64. The van der Waals surface area contributed by atoms with Crippen LogP contribution >= 0.6 is 11.3 Å². The van der Waals surface area contributed by atoms with Gasteiger partial charge >= 0.3 is 0 Å². The fraction of sp³-hybridized carbons (Fsp3) is 0.308. The molecule has 4 aromatic rings. The topological polar surface area (TPSA) is 94.2 Å². The van der Waals surface area contributed by atoms with E-state index in [1.807, 2.05) is 36.4 Å². The second-order valence-electron chi connectivity index (χ2n) is 8.89. The van der Waals surface area contributed by atoms with E-state index in [4.69, 9.17) is 10.5 Å². The lowest BCUT2D eigenvalue weighted by molar-refractivity contribution is 0.0988.